The van der Waals surface area contributed by atoms with Gasteiger partial charge in [-0.25, -0.2) is 0 Å². The summed E-state index contributed by atoms with van der Waals surface area (Å²) in [5.74, 6) is -0.360. The van der Waals surface area contributed by atoms with Crippen LogP contribution in [0.15, 0.2) is 24.3 Å². The zero-order valence-corrected chi connectivity index (χ0v) is 10.1. The summed E-state index contributed by atoms with van der Waals surface area (Å²) in [5.41, 5.74) is 7.01. The van der Waals surface area contributed by atoms with E-state index in [0.29, 0.717) is 11.6 Å². The number of likely N-dealkylation sites (N-methyl/N-ethyl adjacent to an activating group) is 1. The van der Waals surface area contributed by atoms with Crippen LogP contribution in [0.4, 0.5) is 0 Å². The normalized spacial score (nSPS) is 20.6. The summed E-state index contributed by atoms with van der Waals surface area (Å²) in [4.78, 5) is 13.5. The van der Waals surface area contributed by atoms with Crippen molar-refractivity contribution < 1.29 is 4.79 Å². The standard InChI is InChI=1S/C13H19N3O/c1-15-12-5-6-16(9-12)8-10-3-2-4-11(7-10)13(14)17/h2-4,7,12,15H,5-6,8-9H2,1H3,(H2,14,17). The van der Waals surface area contributed by atoms with Crippen molar-refractivity contribution in [3.05, 3.63) is 35.4 Å². The Labute approximate surface area is 102 Å². The van der Waals surface area contributed by atoms with Gasteiger partial charge in [0.2, 0.25) is 5.91 Å². The van der Waals surface area contributed by atoms with Gasteiger partial charge in [-0.3, -0.25) is 9.69 Å². The van der Waals surface area contributed by atoms with E-state index in [1.807, 2.05) is 25.2 Å². The molecule has 1 saturated heterocycles. The molecule has 1 aliphatic heterocycles. The van der Waals surface area contributed by atoms with Gasteiger partial charge in [0, 0.05) is 31.2 Å². The van der Waals surface area contributed by atoms with Crippen LogP contribution in [-0.2, 0) is 6.54 Å². The van der Waals surface area contributed by atoms with Crippen molar-refractivity contribution >= 4 is 5.91 Å². The molecule has 1 unspecified atom stereocenters. The van der Waals surface area contributed by atoms with E-state index in [4.69, 9.17) is 5.73 Å². The van der Waals surface area contributed by atoms with Crippen molar-refractivity contribution in [1.82, 2.24) is 10.2 Å². The maximum Gasteiger partial charge on any atom is 0.248 e. The molecule has 1 amide bonds. The molecule has 2 rings (SSSR count). The zero-order chi connectivity index (χ0) is 12.3. The summed E-state index contributed by atoms with van der Waals surface area (Å²) in [5, 5.41) is 3.29. The second-order valence-corrected chi connectivity index (χ2v) is 4.57. The van der Waals surface area contributed by atoms with Crippen molar-refractivity contribution in [2.75, 3.05) is 20.1 Å². The summed E-state index contributed by atoms with van der Waals surface area (Å²) in [6, 6.07) is 8.16. The molecular weight excluding hydrogens is 214 g/mol. The molecule has 1 aromatic rings. The maximum atomic E-state index is 11.1. The number of carbonyl (C=O) groups is 1. The number of primary amides is 1. The smallest absolute Gasteiger partial charge is 0.248 e. The fraction of sp³-hybridized carbons (Fsp3) is 0.462. The number of nitrogens with one attached hydrogen (secondary N) is 1. The Kier molecular flexibility index (Phi) is 3.76. The molecule has 17 heavy (non-hydrogen) atoms. The number of hydrogen-bond acceptors (Lipinski definition) is 3. The minimum atomic E-state index is -0.360. The molecule has 0 aromatic heterocycles. The van der Waals surface area contributed by atoms with E-state index in [1.54, 1.807) is 6.07 Å². The lowest BCUT2D eigenvalue weighted by Gasteiger charge is -2.16. The molecule has 0 radical (unpaired) electrons. The number of nitrogens with two attached hydrogens (primary N) is 1. The van der Waals surface area contributed by atoms with Gasteiger partial charge in [0.25, 0.3) is 0 Å². The Morgan fingerprint density at radius 3 is 3.06 bits per heavy atom. The van der Waals surface area contributed by atoms with Gasteiger partial charge < -0.3 is 11.1 Å². The van der Waals surface area contributed by atoms with Crippen LogP contribution < -0.4 is 11.1 Å². The van der Waals surface area contributed by atoms with Crippen LogP contribution in [0.3, 0.4) is 0 Å². The largest absolute Gasteiger partial charge is 0.366 e. The fourth-order valence-electron chi connectivity index (χ4n) is 2.29. The first-order valence-electron chi connectivity index (χ1n) is 5.97. The van der Waals surface area contributed by atoms with Crippen LogP contribution in [0, 0.1) is 0 Å². The lowest BCUT2D eigenvalue weighted by atomic mass is 10.1. The molecule has 4 heteroatoms. The molecule has 1 fully saturated rings. The molecule has 1 atom stereocenters. The Balaban J connectivity index is 1.99. The SMILES string of the molecule is CNC1CCN(Cc2cccc(C(N)=O)c2)C1. The number of rotatable bonds is 4. The number of benzene rings is 1. The minimum Gasteiger partial charge on any atom is -0.366 e. The molecule has 0 saturated carbocycles. The quantitative estimate of drug-likeness (QED) is 0.799. The highest BCUT2D eigenvalue weighted by molar-refractivity contribution is 5.92. The van der Waals surface area contributed by atoms with Crippen molar-refractivity contribution in [3.8, 4) is 0 Å². The van der Waals surface area contributed by atoms with E-state index < -0.39 is 0 Å². The van der Waals surface area contributed by atoms with Gasteiger partial charge in [0.05, 0.1) is 0 Å². The number of hydrogen-bond donors (Lipinski definition) is 2. The third-order valence-corrected chi connectivity index (χ3v) is 3.30. The van der Waals surface area contributed by atoms with Crippen molar-refractivity contribution in [2.45, 2.75) is 19.0 Å². The van der Waals surface area contributed by atoms with Crippen LogP contribution in [-0.4, -0.2) is 37.0 Å². The predicted molar refractivity (Wildman–Crippen MR) is 67.7 cm³/mol. The van der Waals surface area contributed by atoms with E-state index in [-0.39, 0.29) is 5.91 Å². The molecule has 3 N–H and O–H groups in total. The van der Waals surface area contributed by atoms with E-state index in [1.165, 1.54) is 6.42 Å². The van der Waals surface area contributed by atoms with Crippen LogP contribution in [0.2, 0.25) is 0 Å². The fourth-order valence-corrected chi connectivity index (χ4v) is 2.29. The van der Waals surface area contributed by atoms with E-state index >= 15 is 0 Å². The van der Waals surface area contributed by atoms with Gasteiger partial charge in [-0.1, -0.05) is 12.1 Å². The van der Waals surface area contributed by atoms with Crippen molar-refractivity contribution in [1.29, 1.82) is 0 Å². The highest BCUT2D eigenvalue weighted by Crippen LogP contribution is 2.14. The highest BCUT2D eigenvalue weighted by Gasteiger charge is 2.20. The van der Waals surface area contributed by atoms with Gasteiger partial charge >= 0.3 is 0 Å². The highest BCUT2D eigenvalue weighted by atomic mass is 16.1. The van der Waals surface area contributed by atoms with Crippen LogP contribution in [0.5, 0.6) is 0 Å². The average molecular weight is 233 g/mol. The average Bonchev–Trinajstić information content (AvgIpc) is 2.77. The molecular formula is C13H19N3O. The van der Waals surface area contributed by atoms with Gasteiger partial charge in [-0.15, -0.1) is 0 Å². The summed E-state index contributed by atoms with van der Waals surface area (Å²) >= 11 is 0. The molecule has 4 nitrogen and oxygen atoms in total. The topological polar surface area (TPSA) is 58.4 Å². The lowest BCUT2D eigenvalue weighted by Crippen LogP contribution is -2.29. The Bertz CT molecular complexity index is 405. The first-order chi connectivity index (χ1) is 8.19. The number of nitrogens with zero attached hydrogens (tertiary/aromatic N) is 1. The summed E-state index contributed by atoms with van der Waals surface area (Å²) in [6.07, 6.45) is 1.19. The Morgan fingerprint density at radius 2 is 2.41 bits per heavy atom. The molecule has 1 heterocycles. The first-order valence-corrected chi connectivity index (χ1v) is 5.97. The molecule has 0 bridgehead atoms. The van der Waals surface area contributed by atoms with Crippen molar-refractivity contribution in [3.63, 3.8) is 0 Å². The summed E-state index contributed by atoms with van der Waals surface area (Å²) in [6.45, 7) is 3.06. The van der Waals surface area contributed by atoms with E-state index in [2.05, 4.69) is 10.2 Å². The third-order valence-electron chi connectivity index (χ3n) is 3.30. The lowest BCUT2D eigenvalue weighted by molar-refractivity contribution is 0.1000. The second-order valence-electron chi connectivity index (χ2n) is 4.57. The molecule has 1 aromatic carbocycles. The Morgan fingerprint density at radius 1 is 1.59 bits per heavy atom. The van der Waals surface area contributed by atoms with Gasteiger partial charge in [0.1, 0.15) is 0 Å². The van der Waals surface area contributed by atoms with Gasteiger partial charge in [-0.05, 0) is 31.2 Å². The molecule has 0 spiro atoms. The van der Waals surface area contributed by atoms with Gasteiger partial charge in [-0.2, -0.15) is 0 Å². The van der Waals surface area contributed by atoms with E-state index in [9.17, 15) is 4.79 Å². The molecule has 1 aliphatic rings. The number of amides is 1. The Hall–Kier alpha value is -1.39. The summed E-state index contributed by atoms with van der Waals surface area (Å²) in [7, 11) is 2.00. The number of carbonyl (C=O) groups excluding carboxylic acids is 1. The van der Waals surface area contributed by atoms with E-state index in [0.717, 1.165) is 25.2 Å². The monoisotopic (exact) mass is 233 g/mol. The van der Waals surface area contributed by atoms with Crippen LogP contribution in [0.25, 0.3) is 0 Å². The minimum absolute atomic E-state index is 0.360. The number of likely N-dealkylation sites (tertiary alicyclic amines) is 1. The predicted octanol–water partition coefficient (Wildman–Crippen LogP) is 0.579. The maximum absolute atomic E-state index is 11.1. The van der Waals surface area contributed by atoms with Crippen LogP contribution in [0.1, 0.15) is 22.3 Å². The molecule has 0 aliphatic carbocycles. The van der Waals surface area contributed by atoms with Crippen LogP contribution >= 0.6 is 0 Å². The zero-order valence-electron chi connectivity index (χ0n) is 10.1. The second kappa shape index (κ2) is 5.29. The molecule has 92 valence electrons. The third kappa shape index (κ3) is 3.05. The van der Waals surface area contributed by atoms with Gasteiger partial charge in [0.15, 0.2) is 0 Å². The first kappa shape index (κ1) is 12.1. The summed E-state index contributed by atoms with van der Waals surface area (Å²) < 4.78 is 0. The van der Waals surface area contributed by atoms with Crippen molar-refractivity contribution in [2.24, 2.45) is 5.73 Å².